The fourth-order valence-corrected chi connectivity index (χ4v) is 3.73. The van der Waals surface area contributed by atoms with Gasteiger partial charge in [0.2, 0.25) is 0 Å². The molecule has 0 radical (unpaired) electrons. The number of Topliss-reactive ketones (excluding diaryl/α,β-unsaturated/α-hetero) is 1. The Kier molecular flexibility index (Phi) is 6.02. The van der Waals surface area contributed by atoms with E-state index in [-0.39, 0.29) is 16.5 Å². The average molecular weight is 370 g/mol. The van der Waals surface area contributed by atoms with Crippen molar-refractivity contribution in [3.8, 4) is 6.07 Å². The van der Waals surface area contributed by atoms with Gasteiger partial charge in [0.05, 0.1) is 16.0 Å². The van der Waals surface area contributed by atoms with E-state index in [1.165, 1.54) is 18.3 Å². The second-order valence-electron chi connectivity index (χ2n) is 4.95. The van der Waals surface area contributed by atoms with Gasteiger partial charge < -0.3 is 0 Å². The molecule has 0 fully saturated rings. The monoisotopic (exact) mass is 370 g/mol. The SMILES string of the molecule is Cc1cc(C(F)(F)F)c(C#N)c(SCCCC(=O)c2cccs2)n1. The summed E-state index contributed by atoms with van der Waals surface area (Å²) >= 11 is 2.43. The number of thiophene rings is 1. The Labute approximate surface area is 145 Å². The number of hydrogen-bond acceptors (Lipinski definition) is 5. The van der Waals surface area contributed by atoms with Gasteiger partial charge in [-0.15, -0.1) is 23.1 Å². The standard InChI is InChI=1S/C16H13F3N2OS2/c1-10-8-12(16(17,18)19)11(9-20)15(21-10)24-7-2-4-13(22)14-5-3-6-23-14/h3,5-6,8H,2,4,7H2,1H3. The van der Waals surface area contributed by atoms with Gasteiger partial charge in [-0.2, -0.15) is 18.4 Å². The molecule has 0 saturated carbocycles. The molecule has 2 aromatic heterocycles. The molecule has 2 rings (SSSR count). The lowest BCUT2D eigenvalue weighted by molar-refractivity contribution is -0.138. The van der Waals surface area contributed by atoms with Crippen LogP contribution in [0.1, 0.15) is 39.3 Å². The molecule has 0 aromatic carbocycles. The number of hydrogen-bond donors (Lipinski definition) is 0. The Morgan fingerprint density at radius 1 is 1.46 bits per heavy atom. The van der Waals surface area contributed by atoms with Crippen LogP contribution in [0.2, 0.25) is 0 Å². The summed E-state index contributed by atoms with van der Waals surface area (Å²) in [5, 5.41) is 10.9. The predicted molar refractivity (Wildman–Crippen MR) is 87.3 cm³/mol. The molecule has 0 N–H and O–H groups in total. The predicted octanol–water partition coefficient (Wildman–Crippen LogP) is 5.10. The highest BCUT2D eigenvalue weighted by atomic mass is 32.2. The van der Waals surface area contributed by atoms with Crippen LogP contribution in [0.25, 0.3) is 0 Å². The van der Waals surface area contributed by atoms with Crippen molar-refractivity contribution in [3.05, 3.63) is 45.3 Å². The van der Waals surface area contributed by atoms with Gasteiger partial charge in [-0.25, -0.2) is 4.98 Å². The van der Waals surface area contributed by atoms with Crippen LogP contribution in [0, 0.1) is 18.3 Å². The Hall–Kier alpha value is -1.85. The lowest BCUT2D eigenvalue weighted by atomic mass is 10.1. The van der Waals surface area contributed by atoms with E-state index in [1.807, 2.05) is 5.38 Å². The van der Waals surface area contributed by atoms with E-state index < -0.39 is 17.3 Å². The van der Waals surface area contributed by atoms with Gasteiger partial charge in [0.1, 0.15) is 11.1 Å². The van der Waals surface area contributed by atoms with Crippen molar-refractivity contribution in [2.24, 2.45) is 0 Å². The minimum atomic E-state index is -4.59. The number of rotatable bonds is 6. The third-order valence-corrected chi connectivity index (χ3v) is 5.09. The van der Waals surface area contributed by atoms with Crippen molar-refractivity contribution < 1.29 is 18.0 Å². The highest BCUT2D eigenvalue weighted by Gasteiger charge is 2.35. The molecule has 0 unspecified atom stereocenters. The van der Waals surface area contributed by atoms with Crippen molar-refractivity contribution >= 4 is 28.9 Å². The minimum absolute atomic E-state index is 0.0132. The quantitative estimate of drug-likeness (QED) is 0.403. The van der Waals surface area contributed by atoms with Crippen LogP contribution < -0.4 is 0 Å². The van der Waals surface area contributed by atoms with E-state index in [4.69, 9.17) is 5.26 Å². The van der Waals surface area contributed by atoms with Crippen molar-refractivity contribution in [1.82, 2.24) is 4.98 Å². The van der Waals surface area contributed by atoms with Gasteiger partial charge in [-0.3, -0.25) is 4.79 Å². The number of aryl methyl sites for hydroxylation is 1. The van der Waals surface area contributed by atoms with E-state index in [0.29, 0.717) is 23.5 Å². The van der Waals surface area contributed by atoms with Gasteiger partial charge >= 0.3 is 6.18 Å². The van der Waals surface area contributed by atoms with Crippen LogP contribution in [0.4, 0.5) is 13.2 Å². The molecule has 0 aliphatic carbocycles. The molecule has 0 aliphatic heterocycles. The lowest BCUT2D eigenvalue weighted by Crippen LogP contribution is -2.10. The van der Waals surface area contributed by atoms with Crippen LogP contribution in [0.15, 0.2) is 28.6 Å². The molecule has 24 heavy (non-hydrogen) atoms. The van der Waals surface area contributed by atoms with Gasteiger partial charge in [-0.1, -0.05) is 6.07 Å². The summed E-state index contributed by atoms with van der Waals surface area (Å²) in [5.41, 5.74) is -1.21. The maximum Gasteiger partial charge on any atom is 0.417 e. The molecule has 2 aromatic rings. The normalized spacial score (nSPS) is 11.3. The number of aromatic nitrogens is 1. The van der Waals surface area contributed by atoms with Crippen molar-refractivity contribution in [2.75, 3.05) is 5.75 Å². The average Bonchev–Trinajstić information content (AvgIpc) is 3.04. The Morgan fingerprint density at radius 3 is 2.79 bits per heavy atom. The summed E-state index contributed by atoms with van der Waals surface area (Å²) in [6.45, 7) is 1.46. The van der Waals surface area contributed by atoms with Crippen LogP contribution in [-0.4, -0.2) is 16.5 Å². The number of halogens is 3. The smallest absolute Gasteiger partial charge is 0.293 e. The molecular formula is C16H13F3N2OS2. The topological polar surface area (TPSA) is 53.8 Å². The fourth-order valence-electron chi connectivity index (χ4n) is 2.04. The highest BCUT2D eigenvalue weighted by Crippen LogP contribution is 2.36. The molecule has 0 amide bonds. The van der Waals surface area contributed by atoms with Crippen molar-refractivity contribution in [1.29, 1.82) is 5.26 Å². The number of carbonyl (C=O) groups is 1. The van der Waals surface area contributed by atoms with Gasteiger partial charge in [0, 0.05) is 12.1 Å². The fraction of sp³-hybridized carbons (Fsp3) is 0.312. The van der Waals surface area contributed by atoms with Gasteiger partial charge in [0.15, 0.2) is 5.78 Å². The molecule has 0 bridgehead atoms. The Bertz CT molecular complexity index is 765. The molecule has 0 atom stereocenters. The molecule has 0 saturated heterocycles. The first-order valence-electron chi connectivity index (χ1n) is 7.01. The molecule has 3 nitrogen and oxygen atoms in total. The van der Waals surface area contributed by atoms with Gasteiger partial charge in [0.25, 0.3) is 0 Å². The van der Waals surface area contributed by atoms with E-state index in [9.17, 15) is 18.0 Å². The number of nitriles is 1. The third kappa shape index (κ3) is 4.58. The molecule has 0 spiro atoms. The maximum absolute atomic E-state index is 13.0. The maximum atomic E-state index is 13.0. The number of carbonyl (C=O) groups excluding carboxylic acids is 1. The number of thioether (sulfide) groups is 1. The largest absolute Gasteiger partial charge is 0.417 e. The van der Waals surface area contributed by atoms with Gasteiger partial charge in [-0.05, 0) is 36.6 Å². The molecular weight excluding hydrogens is 357 g/mol. The lowest BCUT2D eigenvalue weighted by Gasteiger charge is -2.12. The summed E-state index contributed by atoms with van der Waals surface area (Å²) in [6, 6.07) is 6.01. The second kappa shape index (κ2) is 7.81. The number of pyridine rings is 1. The Morgan fingerprint density at radius 2 is 2.21 bits per heavy atom. The second-order valence-corrected chi connectivity index (χ2v) is 6.98. The van der Waals surface area contributed by atoms with Crippen LogP contribution in [0.5, 0.6) is 0 Å². The summed E-state index contributed by atoms with van der Waals surface area (Å²) in [5.74, 6) is 0.429. The zero-order chi connectivity index (χ0) is 17.7. The third-order valence-electron chi connectivity index (χ3n) is 3.11. The minimum Gasteiger partial charge on any atom is -0.293 e. The number of nitrogens with zero attached hydrogens (tertiary/aromatic N) is 2. The summed E-state index contributed by atoms with van der Waals surface area (Å²) in [7, 11) is 0. The summed E-state index contributed by atoms with van der Waals surface area (Å²) < 4.78 is 39.0. The molecule has 2 heterocycles. The van der Waals surface area contributed by atoms with Crippen molar-refractivity contribution in [3.63, 3.8) is 0 Å². The Balaban J connectivity index is 2.03. The van der Waals surface area contributed by atoms with Crippen LogP contribution in [-0.2, 0) is 6.18 Å². The van der Waals surface area contributed by atoms with E-state index in [1.54, 1.807) is 18.2 Å². The number of ketones is 1. The first-order valence-corrected chi connectivity index (χ1v) is 8.88. The first-order chi connectivity index (χ1) is 11.3. The molecule has 0 aliphatic rings. The zero-order valence-corrected chi connectivity index (χ0v) is 14.3. The zero-order valence-electron chi connectivity index (χ0n) is 12.7. The molecule has 8 heteroatoms. The summed E-state index contributed by atoms with van der Waals surface area (Å²) in [6.07, 6.45) is -3.78. The first kappa shape index (κ1) is 18.5. The van der Waals surface area contributed by atoms with Crippen molar-refractivity contribution in [2.45, 2.75) is 31.0 Å². The summed E-state index contributed by atoms with van der Waals surface area (Å²) in [4.78, 5) is 16.6. The molecule has 126 valence electrons. The van der Waals surface area contributed by atoms with Crippen LogP contribution >= 0.6 is 23.1 Å². The highest BCUT2D eigenvalue weighted by molar-refractivity contribution is 7.99. The van der Waals surface area contributed by atoms with E-state index in [0.717, 1.165) is 17.8 Å². The number of alkyl halides is 3. The van der Waals surface area contributed by atoms with E-state index >= 15 is 0 Å². The van der Waals surface area contributed by atoms with Crippen LogP contribution in [0.3, 0.4) is 0 Å². The van der Waals surface area contributed by atoms with E-state index in [2.05, 4.69) is 4.98 Å².